The zero-order chi connectivity index (χ0) is 11.3. The number of hydrogen-bond acceptors (Lipinski definition) is 5. The fourth-order valence-electron chi connectivity index (χ4n) is 1.86. The minimum absolute atomic E-state index is 0.0591. The van der Waals surface area contributed by atoms with Crippen molar-refractivity contribution in [2.24, 2.45) is 0 Å². The number of hydrogen-bond donors (Lipinski definition) is 0. The van der Waals surface area contributed by atoms with E-state index in [-0.39, 0.29) is 12.7 Å². The molecule has 1 aliphatic carbocycles. The van der Waals surface area contributed by atoms with Crippen LogP contribution in [0.4, 0.5) is 0 Å². The van der Waals surface area contributed by atoms with Crippen LogP contribution < -0.4 is 0 Å². The summed E-state index contributed by atoms with van der Waals surface area (Å²) in [5.41, 5.74) is -0.555. The van der Waals surface area contributed by atoms with E-state index in [1.165, 1.54) is 0 Å². The van der Waals surface area contributed by atoms with Gasteiger partial charge in [0.1, 0.15) is 18.8 Å². The third-order valence-corrected chi connectivity index (χ3v) is 2.84. The SMILES string of the molecule is CC1COC(=O)C23C=CC(=CC2O3)C(=O)O1. The van der Waals surface area contributed by atoms with E-state index >= 15 is 0 Å². The molecule has 84 valence electrons. The lowest BCUT2D eigenvalue weighted by Crippen LogP contribution is -2.34. The molecule has 1 spiro atoms. The quantitative estimate of drug-likeness (QED) is 0.430. The second-order valence-corrected chi connectivity index (χ2v) is 4.10. The summed E-state index contributed by atoms with van der Waals surface area (Å²) in [6.07, 6.45) is 3.87. The third-order valence-electron chi connectivity index (χ3n) is 2.84. The van der Waals surface area contributed by atoms with Crippen molar-refractivity contribution in [3.63, 3.8) is 0 Å². The molecule has 1 saturated heterocycles. The smallest absolute Gasteiger partial charge is 0.345 e. The van der Waals surface area contributed by atoms with Gasteiger partial charge in [-0.1, -0.05) is 0 Å². The number of fused-ring (bicyclic) bond motifs is 5. The zero-order valence-corrected chi connectivity index (χ0v) is 8.64. The fourth-order valence-corrected chi connectivity index (χ4v) is 1.86. The van der Waals surface area contributed by atoms with E-state index in [1.54, 1.807) is 25.2 Å². The summed E-state index contributed by atoms with van der Waals surface area (Å²) >= 11 is 0. The first-order valence-corrected chi connectivity index (χ1v) is 5.09. The van der Waals surface area contributed by atoms with Crippen molar-refractivity contribution in [1.29, 1.82) is 0 Å². The van der Waals surface area contributed by atoms with Gasteiger partial charge >= 0.3 is 11.9 Å². The lowest BCUT2D eigenvalue weighted by atomic mass is 9.96. The molecule has 4 rings (SSSR count). The summed E-state index contributed by atoms with van der Waals surface area (Å²) < 4.78 is 15.4. The Morgan fingerprint density at radius 3 is 3.00 bits per heavy atom. The molecule has 1 fully saturated rings. The molecular weight excluding hydrogens is 212 g/mol. The summed E-state index contributed by atoms with van der Waals surface area (Å²) in [5, 5.41) is 0. The molecule has 0 amide bonds. The van der Waals surface area contributed by atoms with Crippen molar-refractivity contribution in [1.82, 2.24) is 0 Å². The minimum Gasteiger partial charge on any atom is -0.459 e. The minimum atomic E-state index is -0.985. The molecule has 0 saturated carbocycles. The maximum absolute atomic E-state index is 11.7. The Bertz CT molecular complexity index is 436. The molecule has 0 aromatic rings. The van der Waals surface area contributed by atoms with Crippen LogP contribution in [0.1, 0.15) is 6.92 Å². The van der Waals surface area contributed by atoms with E-state index in [2.05, 4.69) is 0 Å². The van der Waals surface area contributed by atoms with Crippen LogP contribution in [-0.4, -0.2) is 36.4 Å². The highest BCUT2D eigenvalue weighted by atomic mass is 16.7. The van der Waals surface area contributed by atoms with Gasteiger partial charge in [0.15, 0.2) is 0 Å². The van der Waals surface area contributed by atoms with Crippen LogP contribution in [-0.2, 0) is 23.8 Å². The Kier molecular flexibility index (Phi) is 1.77. The Balaban J connectivity index is 1.97. The summed E-state index contributed by atoms with van der Waals surface area (Å²) in [4.78, 5) is 23.3. The van der Waals surface area contributed by atoms with Gasteiger partial charge in [0.2, 0.25) is 5.60 Å². The highest BCUT2D eigenvalue weighted by Gasteiger charge is 2.63. The fraction of sp³-hybridized carbons (Fsp3) is 0.455. The highest BCUT2D eigenvalue weighted by molar-refractivity contribution is 5.96. The van der Waals surface area contributed by atoms with Crippen LogP contribution >= 0.6 is 0 Å². The largest absolute Gasteiger partial charge is 0.459 e. The predicted octanol–water partition coefficient (Wildman–Crippen LogP) is 0.109. The number of esters is 2. The van der Waals surface area contributed by atoms with E-state index in [9.17, 15) is 9.59 Å². The van der Waals surface area contributed by atoms with Crippen LogP contribution in [0.3, 0.4) is 0 Å². The predicted molar refractivity (Wildman–Crippen MR) is 51.3 cm³/mol. The number of ether oxygens (including phenoxy) is 3. The average Bonchev–Trinajstić information content (AvgIpc) is 2.99. The molecule has 2 bridgehead atoms. The van der Waals surface area contributed by atoms with Crippen molar-refractivity contribution in [3.8, 4) is 0 Å². The molecule has 3 atom stereocenters. The Morgan fingerprint density at radius 1 is 1.44 bits per heavy atom. The third kappa shape index (κ3) is 1.21. The maximum atomic E-state index is 11.7. The lowest BCUT2D eigenvalue weighted by Gasteiger charge is -2.19. The van der Waals surface area contributed by atoms with Crippen LogP contribution in [0.25, 0.3) is 0 Å². The van der Waals surface area contributed by atoms with Crippen LogP contribution in [0.5, 0.6) is 0 Å². The molecule has 0 radical (unpaired) electrons. The molecule has 5 heteroatoms. The number of epoxide rings is 1. The number of rotatable bonds is 0. The van der Waals surface area contributed by atoms with E-state index in [0.717, 1.165) is 0 Å². The monoisotopic (exact) mass is 222 g/mol. The molecule has 0 aromatic heterocycles. The normalized spacial score (nSPS) is 40.7. The van der Waals surface area contributed by atoms with E-state index in [1.807, 2.05) is 0 Å². The molecular formula is C11H10O5. The second-order valence-electron chi connectivity index (χ2n) is 4.10. The highest BCUT2D eigenvalue weighted by Crippen LogP contribution is 2.44. The molecule has 3 heterocycles. The van der Waals surface area contributed by atoms with Gasteiger partial charge in [-0.25, -0.2) is 9.59 Å². The Labute approximate surface area is 91.7 Å². The van der Waals surface area contributed by atoms with Gasteiger partial charge in [0.05, 0.1) is 5.57 Å². The maximum Gasteiger partial charge on any atom is 0.345 e. The van der Waals surface area contributed by atoms with Gasteiger partial charge in [-0.3, -0.25) is 0 Å². The van der Waals surface area contributed by atoms with Gasteiger partial charge in [0, 0.05) is 0 Å². The standard InChI is InChI=1S/C11H10O5/c1-6-5-14-10(13)11-3-2-7(9(12)15-6)4-8(11)16-11/h2-4,6,8H,5H2,1H3. The van der Waals surface area contributed by atoms with Crippen molar-refractivity contribution >= 4 is 11.9 Å². The van der Waals surface area contributed by atoms with Crippen molar-refractivity contribution in [2.75, 3.05) is 6.61 Å². The van der Waals surface area contributed by atoms with Gasteiger partial charge in [-0.2, -0.15) is 0 Å². The summed E-state index contributed by atoms with van der Waals surface area (Å²) in [7, 11) is 0. The van der Waals surface area contributed by atoms with Gasteiger partial charge < -0.3 is 14.2 Å². The number of carbonyl (C=O) groups is 2. The van der Waals surface area contributed by atoms with Crippen LogP contribution in [0, 0.1) is 0 Å². The molecule has 16 heavy (non-hydrogen) atoms. The van der Waals surface area contributed by atoms with E-state index < -0.39 is 23.6 Å². The van der Waals surface area contributed by atoms with Gasteiger partial charge in [0.25, 0.3) is 0 Å². The molecule has 3 unspecified atom stereocenters. The van der Waals surface area contributed by atoms with E-state index in [0.29, 0.717) is 5.57 Å². The first-order chi connectivity index (χ1) is 7.62. The first kappa shape index (κ1) is 9.59. The molecule has 3 aliphatic heterocycles. The van der Waals surface area contributed by atoms with Crippen LogP contribution in [0.2, 0.25) is 0 Å². The van der Waals surface area contributed by atoms with Crippen molar-refractivity contribution < 1.29 is 23.8 Å². The molecule has 0 N–H and O–H groups in total. The first-order valence-electron chi connectivity index (χ1n) is 5.09. The summed E-state index contributed by atoms with van der Waals surface area (Å²) in [6.45, 7) is 1.73. The Morgan fingerprint density at radius 2 is 2.25 bits per heavy atom. The van der Waals surface area contributed by atoms with E-state index in [4.69, 9.17) is 14.2 Å². The molecule has 4 aliphatic rings. The molecule has 5 nitrogen and oxygen atoms in total. The zero-order valence-electron chi connectivity index (χ0n) is 8.64. The topological polar surface area (TPSA) is 65.1 Å². The van der Waals surface area contributed by atoms with Crippen molar-refractivity contribution in [3.05, 3.63) is 23.8 Å². The van der Waals surface area contributed by atoms with Crippen molar-refractivity contribution in [2.45, 2.75) is 24.7 Å². The molecule has 0 aromatic carbocycles. The van der Waals surface area contributed by atoms with Gasteiger partial charge in [-0.15, -0.1) is 0 Å². The van der Waals surface area contributed by atoms with Crippen LogP contribution in [0.15, 0.2) is 23.8 Å². The summed E-state index contributed by atoms with van der Waals surface area (Å²) in [6, 6.07) is 0. The van der Waals surface area contributed by atoms with Gasteiger partial charge in [-0.05, 0) is 25.2 Å². The average molecular weight is 222 g/mol. The lowest BCUT2D eigenvalue weighted by molar-refractivity contribution is -0.158. The number of carbonyl (C=O) groups excluding carboxylic acids is 2. The summed E-state index contributed by atoms with van der Waals surface area (Å²) in [5.74, 6) is -0.834. The second kappa shape index (κ2) is 2.95. The Hall–Kier alpha value is -1.62.